The molecule has 66 valence electrons. The fourth-order valence-electron chi connectivity index (χ4n) is 1.84. The average molecular weight is 157 g/mol. The van der Waals surface area contributed by atoms with Crippen LogP contribution in [-0.2, 0) is 4.74 Å². The third kappa shape index (κ3) is 2.46. The van der Waals surface area contributed by atoms with Gasteiger partial charge < -0.3 is 10.1 Å². The number of nitrogens with one attached hydrogen (secondary N) is 1. The highest BCUT2D eigenvalue weighted by molar-refractivity contribution is 4.83. The van der Waals surface area contributed by atoms with Crippen LogP contribution in [0.3, 0.4) is 0 Å². The van der Waals surface area contributed by atoms with Gasteiger partial charge in [-0.05, 0) is 32.7 Å². The van der Waals surface area contributed by atoms with Gasteiger partial charge in [0.05, 0.1) is 6.10 Å². The van der Waals surface area contributed by atoms with E-state index in [4.69, 9.17) is 4.74 Å². The van der Waals surface area contributed by atoms with E-state index in [1.807, 2.05) is 0 Å². The maximum Gasteiger partial charge on any atom is 0.0727 e. The van der Waals surface area contributed by atoms with Crippen LogP contribution in [0.4, 0.5) is 0 Å². The van der Waals surface area contributed by atoms with Gasteiger partial charge in [0.2, 0.25) is 0 Å². The average Bonchev–Trinajstić information content (AvgIpc) is 2.39. The Bertz CT molecular complexity index is 93.7. The van der Waals surface area contributed by atoms with Crippen molar-refractivity contribution < 1.29 is 4.74 Å². The predicted molar refractivity (Wildman–Crippen MR) is 46.7 cm³/mol. The molecule has 0 aromatic carbocycles. The first-order valence-corrected chi connectivity index (χ1v) is 4.73. The zero-order valence-electron chi connectivity index (χ0n) is 7.60. The SMILES string of the molecule is CCNC1CCCC1OCC. The second kappa shape index (κ2) is 4.73. The third-order valence-corrected chi connectivity index (χ3v) is 2.30. The minimum absolute atomic E-state index is 0.486. The van der Waals surface area contributed by atoms with Gasteiger partial charge in [-0.15, -0.1) is 0 Å². The van der Waals surface area contributed by atoms with Crippen LogP contribution in [-0.4, -0.2) is 25.3 Å². The van der Waals surface area contributed by atoms with Crippen molar-refractivity contribution in [2.45, 2.75) is 45.3 Å². The number of ether oxygens (including phenoxy) is 1. The van der Waals surface area contributed by atoms with Crippen molar-refractivity contribution in [3.63, 3.8) is 0 Å². The van der Waals surface area contributed by atoms with Gasteiger partial charge in [0.1, 0.15) is 0 Å². The highest BCUT2D eigenvalue weighted by Crippen LogP contribution is 2.21. The lowest BCUT2D eigenvalue weighted by molar-refractivity contribution is 0.0493. The first-order valence-electron chi connectivity index (χ1n) is 4.73. The smallest absolute Gasteiger partial charge is 0.0727 e. The summed E-state index contributed by atoms with van der Waals surface area (Å²) in [6.45, 7) is 6.14. The molecule has 2 atom stereocenters. The maximum absolute atomic E-state index is 5.61. The van der Waals surface area contributed by atoms with E-state index in [1.54, 1.807) is 0 Å². The molecule has 11 heavy (non-hydrogen) atoms. The lowest BCUT2D eigenvalue weighted by Crippen LogP contribution is -2.37. The lowest BCUT2D eigenvalue weighted by Gasteiger charge is -2.19. The largest absolute Gasteiger partial charge is 0.377 e. The molecule has 0 amide bonds. The minimum Gasteiger partial charge on any atom is -0.377 e. The van der Waals surface area contributed by atoms with Gasteiger partial charge >= 0.3 is 0 Å². The fourth-order valence-corrected chi connectivity index (χ4v) is 1.84. The Labute approximate surface area is 69.3 Å². The van der Waals surface area contributed by atoms with E-state index in [0.717, 1.165) is 13.2 Å². The van der Waals surface area contributed by atoms with Gasteiger partial charge in [-0.1, -0.05) is 6.92 Å². The number of likely N-dealkylation sites (N-methyl/N-ethyl adjacent to an activating group) is 1. The summed E-state index contributed by atoms with van der Waals surface area (Å²) in [5.74, 6) is 0. The second-order valence-corrected chi connectivity index (χ2v) is 3.09. The summed E-state index contributed by atoms with van der Waals surface area (Å²) in [6.07, 6.45) is 4.34. The summed E-state index contributed by atoms with van der Waals surface area (Å²) in [5.41, 5.74) is 0. The molecule has 0 heterocycles. The topological polar surface area (TPSA) is 21.3 Å². The van der Waals surface area contributed by atoms with Crippen LogP contribution in [0, 0.1) is 0 Å². The fraction of sp³-hybridized carbons (Fsp3) is 1.00. The molecule has 1 fully saturated rings. The van der Waals surface area contributed by atoms with Crippen molar-refractivity contribution in [3.8, 4) is 0 Å². The van der Waals surface area contributed by atoms with Crippen molar-refractivity contribution in [2.75, 3.05) is 13.2 Å². The summed E-state index contributed by atoms with van der Waals surface area (Å²) in [7, 11) is 0. The van der Waals surface area contributed by atoms with E-state index >= 15 is 0 Å². The normalized spacial score (nSPS) is 31.1. The van der Waals surface area contributed by atoms with E-state index in [9.17, 15) is 0 Å². The summed E-state index contributed by atoms with van der Waals surface area (Å²) in [4.78, 5) is 0. The first kappa shape index (κ1) is 9.01. The molecular weight excluding hydrogens is 138 g/mol. The molecule has 1 saturated carbocycles. The van der Waals surface area contributed by atoms with Crippen LogP contribution in [0.2, 0.25) is 0 Å². The molecule has 0 bridgehead atoms. The molecular formula is C9H19NO. The molecule has 0 aromatic heterocycles. The van der Waals surface area contributed by atoms with Gasteiger partial charge in [-0.25, -0.2) is 0 Å². The lowest BCUT2D eigenvalue weighted by atomic mass is 10.2. The summed E-state index contributed by atoms with van der Waals surface area (Å²) < 4.78 is 5.61. The molecule has 1 aliphatic carbocycles. The Balaban J connectivity index is 2.25. The standard InChI is InChI=1S/C9H19NO/c1-3-10-8-6-5-7-9(8)11-4-2/h8-10H,3-7H2,1-2H3. The van der Waals surface area contributed by atoms with Gasteiger partial charge in [-0.2, -0.15) is 0 Å². The molecule has 0 aromatic rings. The number of hydrogen-bond acceptors (Lipinski definition) is 2. The van der Waals surface area contributed by atoms with E-state index in [2.05, 4.69) is 19.2 Å². The van der Waals surface area contributed by atoms with Crippen LogP contribution in [0.15, 0.2) is 0 Å². The van der Waals surface area contributed by atoms with E-state index in [-0.39, 0.29) is 0 Å². The Hall–Kier alpha value is -0.0800. The highest BCUT2D eigenvalue weighted by Gasteiger charge is 2.26. The summed E-state index contributed by atoms with van der Waals surface area (Å²) in [6, 6.07) is 0.625. The summed E-state index contributed by atoms with van der Waals surface area (Å²) >= 11 is 0. The highest BCUT2D eigenvalue weighted by atomic mass is 16.5. The van der Waals surface area contributed by atoms with Crippen LogP contribution in [0.5, 0.6) is 0 Å². The van der Waals surface area contributed by atoms with Gasteiger partial charge in [0.15, 0.2) is 0 Å². The second-order valence-electron chi connectivity index (χ2n) is 3.09. The van der Waals surface area contributed by atoms with Crippen molar-refractivity contribution in [1.82, 2.24) is 5.32 Å². The van der Waals surface area contributed by atoms with Crippen molar-refractivity contribution in [2.24, 2.45) is 0 Å². The first-order chi connectivity index (χ1) is 5.38. The molecule has 0 spiro atoms. The van der Waals surface area contributed by atoms with Crippen LogP contribution >= 0.6 is 0 Å². The Morgan fingerprint density at radius 2 is 2.18 bits per heavy atom. The molecule has 0 aliphatic heterocycles. The number of hydrogen-bond donors (Lipinski definition) is 1. The predicted octanol–water partition coefficient (Wildman–Crippen LogP) is 1.55. The van der Waals surface area contributed by atoms with Crippen LogP contribution in [0.1, 0.15) is 33.1 Å². The van der Waals surface area contributed by atoms with E-state index < -0.39 is 0 Å². The molecule has 2 nitrogen and oxygen atoms in total. The van der Waals surface area contributed by atoms with Crippen molar-refractivity contribution in [3.05, 3.63) is 0 Å². The molecule has 1 N–H and O–H groups in total. The maximum atomic E-state index is 5.61. The molecule has 0 radical (unpaired) electrons. The van der Waals surface area contributed by atoms with Gasteiger partial charge in [-0.3, -0.25) is 0 Å². The zero-order valence-corrected chi connectivity index (χ0v) is 7.60. The Morgan fingerprint density at radius 1 is 1.36 bits per heavy atom. The van der Waals surface area contributed by atoms with E-state index in [1.165, 1.54) is 19.3 Å². The molecule has 1 rings (SSSR count). The van der Waals surface area contributed by atoms with Crippen molar-refractivity contribution in [1.29, 1.82) is 0 Å². The quantitative estimate of drug-likeness (QED) is 0.668. The van der Waals surface area contributed by atoms with Crippen molar-refractivity contribution >= 4 is 0 Å². The summed E-state index contributed by atoms with van der Waals surface area (Å²) in [5, 5.41) is 3.45. The van der Waals surface area contributed by atoms with Gasteiger partial charge in [0.25, 0.3) is 0 Å². The Morgan fingerprint density at radius 3 is 2.82 bits per heavy atom. The molecule has 1 aliphatic rings. The number of rotatable bonds is 4. The van der Waals surface area contributed by atoms with E-state index in [0.29, 0.717) is 12.1 Å². The van der Waals surface area contributed by atoms with Crippen LogP contribution in [0.25, 0.3) is 0 Å². The minimum atomic E-state index is 0.486. The molecule has 0 saturated heterocycles. The van der Waals surface area contributed by atoms with Gasteiger partial charge in [0, 0.05) is 12.6 Å². The molecule has 2 heteroatoms. The van der Waals surface area contributed by atoms with Crippen LogP contribution < -0.4 is 5.32 Å². The Kier molecular flexibility index (Phi) is 3.87. The molecule has 2 unspecified atom stereocenters. The zero-order chi connectivity index (χ0) is 8.10. The third-order valence-electron chi connectivity index (χ3n) is 2.30. The monoisotopic (exact) mass is 157 g/mol.